The molecule has 1 saturated heterocycles. The standard InChI is InChI=1S/C22H27FN2O2/c1-4-20(27-21-11-7-8-16(2)17(21)3)22(26)25-14-12-24(13-15-25)19-10-6-5-9-18(19)23/h5-11,20H,4,12-15H2,1-3H3/t20-/m0/s1. The Morgan fingerprint density at radius 2 is 1.78 bits per heavy atom. The van der Waals surface area contributed by atoms with Crippen molar-refractivity contribution in [3.8, 4) is 5.75 Å². The summed E-state index contributed by atoms with van der Waals surface area (Å²) in [5, 5.41) is 0. The van der Waals surface area contributed by atoms with Crippen LogP contribution in [0, 0.1) is 19.7 Å². The van der Waals surface area contributed by atoms with Gasteiger partial charge in [0.25, 0.3) is 5.91 Å². The van der Waals surface area contributed by atoms with Crippen LogP contribution in [0.3, 0.4) is 0 Å². The highest BCUT2D eigenvalue weighted by molar-refractivity contribution is 5.81. The first-order valence-corrected chi connectivity index (χ1v) is 9.52. The molecule has 0 radical (unpaired) electrons. The van der Waals surface area contributed by atoms with E-state index in [9.17, 15) is 9.18 Å². The number of hydrogen-bond donors (Lipinski definition) is 0. The number of benzene rings is 2. The molecule has 1 atom stereocenters. The predicted molar refractivity (Wildman–Crippen MR) is 106 cm³/mol. The predicted octanol–water partition coefficient (Wildman–Crippen LogP) is 3.95. The molecule has 27 heavy (non-hydrogen) atoms. The molecule has 0 spiro atoms. The van der Waals surface area contributed by atoms with Crippen molar-refractivity contribution in [2.45, 2.75) is 33.3 Å². The van der Waals surface area contributed by atoms with Crippen molar-refractivity contribution < 1.29 is 13.9 Å². The molecule has 144 valence electrons. The molecule has 1 aliphatic heterocycles. The summed E-state index contributed by atoms with van der Waals surface area (Å²) in [7, 11) is 0. The number of hydrogen-bond acceptors (Lipinski definition) is 3. The van der Waals surface area contributed by atoms with E-state index in [1.165, 1.54) is 6.07 Å². The Morgan fingerprint density at radius 1 is 1.07 bits per heavy atom. The lowest BCUT2D eigenvalue weighted by Gasteiger charge is -2.37. The van der Waals surface area contributed by atoms with E-state index in [0.29, 0.717) is 38.3 Å². The van der Waals surface area contributed by atoms with Gasteiger partial charge in [-0.25, -0.2) is 4.39 Å². The molecule has 4 nitrogen and oxygen atoms in total. The number of carbonyl (C=O) groups is 1. The van der Waals surface area contributed by atoms with E-state index in [2.05, 4.69) is 0 Å². The highest BCUT2D eigenvalue weighted by Gasteiger charge is 2.28. The topological polar surface area (TPSA) is 32.8 Å². The Bertz CT molecular complexity index is 801. The van der Waals surface area contributed by atoms with Gasteiger partial charge in [-0.3, -0.25) is 4.79 Å². The Morgan fingerprint density at radius 3 is 2.44 bits per heavy atom. The molecule has 2 aromatic rings. The maximum Gasteiger partial charge on any atom is 0.263 e. The minimum atomic E-state index is -0.495. The molecule has 5 heteroatoms. The average molecular weight is 370 g/mol. The molecule has 3 rings (SSSR count). The first-order chi connectivity index (χ1) is 13.0. The van der Waals surface area contributed by atoms with Crippen molar-refractivity contribution in [3.63, 3.8) is 0 Å². The van der Waals surface area contributed by atoms with Gasteiger partial charge < -0.3 is 14.5 Å². The van der Waals surface area contributed by atoms with Crippen LogP contribution in [0.2, 0.25) is 0 Å². The van der Waals surface area contributed by atoms with Gasteiger partial charge in [-0.1, -0.05) is 31.2 Å². The van der Waals surface area contributed by atoms with Crippen LogP contribution in [0.25, 0.3) is 0 Å². The average Bonchev–Trinajstić information content (AvgIpc) is 2.69. The maximum absolute atomic E-state index is 14.0. The molecule has 0 aliphatic carbocycles. The maximum atomic E-state index is 14.0. The second-order valence-electron chi connectivity index (χ2n) is 6.98. The number of carbonyl (C=O) groups excluding carboxylic acids is 1. The fraction of sp³-hybridized carbons (Fsp3) is 0.409. The first-order valence-electron chi connectivity index (χ1n) is 9.52. The van der Waals surface area contributed by atoms with Crippen molar-refractivity contribution in [2.24, 2.45) is 0 Å². The van der Waals surface area contributed by atoms with Crippen LogP contribution in [-0.2, 0) is 4.79 Å². The molecule has 0 saturated carbocycles. The van der Waals surface area contributed by atoms with Crippen LogP contribution in [0.1, 0.15) is 24.5 Å². The third-order valence-corrected chi connectivity index (χ3v) is 5.25. The minimum absolute atomic E-state index is 0.00610. The summed E-state index contributed by atoms with van der Waals surface area (Å²) in [5.41, 5.74) is 2.81. The second kappa shape index (κ2) is 8.42. The number of para-hydroxylation sites is 1. The van der Waals surface area contributed by atoms with Crippen LogP contribution in [-0.4, -0.2) is 43.1 Å². The van der Waals surface area contributed by atoms with E-state index >= 15 is 0 Å². The minimum Gasteiger partial charge on any atom is -0.480 e. The largest absolute Gasteiger partial charge is 0.480 e. The molecule has 0 aromatic heterocycles. The zero-order valence-electron chi connectivity index (χ0n) is 16.2. The zero-order chi connectivity index (χ0) is 19.4. The molecule has 1 fully saturated rings. The van der Waals surface area contributed by atoms with Crippen molar-refractivity contribution in [1.29, 1.82) is 0 Å². The van der Waals surface area contributed by atoms with Crippen LogP contribution in [0.5, 0.6) is 5.75 Å². The van der Waals surface area contributed by atoms with Crippen molar-refractivity contribution >= 4 is 11.6 Å². The van der Waals surface area contributed by atoms with Crippen LogP contribution in [0.4, 0.5) is 10.1 Å². The Hall–Kier alpha value is -2.56. The highest BCUT2D eigenvalue weighted by atomic mass is 19.1. The number of ether oxygens (including phenoxy) is 1. The van der Waals surface area contributed by atoms with E-state index < -0.39 is 6.10 Å². The van der Waals surface area contributed by atoms with E-state index in [0.717, 1.165) is 16.9 Å². The SMILES string of the molecule is CC[C@H](Oc1cccc(C)c1C)C(=O)N1CCN(c2ccccc2F)CC1. The normalized spacial score (nSPS) is 15.6. The van der Waals surface area contributed by atoms with E-state index in [4.69, 9.17) is 4.74 Å². The van der Waals surface area contributed by atoms with Crippen LogP contribution >= 0.6 is 0 Å². The Balaban J connectivity index is 1.63. The Kier molecular flexibility index (Phi) is 5.99. The monoisotopic (exact) mass is 370 g/mol. The van der Waals surface area contributed by atoms with Crippen molar-refractivity contribution in [2.75, 3.05) is 31.1 Å². The van der Waals surface area contributed by atoms with Gasteiger partial charge in [-0.2, -0.15) is 0 Å². The summed E-state index contributed by atoms with van der Waals surface area (Å²) >= 11 is 0. The molecule has 0 unspecified atom stereocenters. The number of piperazine rings is 1. The van der Waals surface area contributed by atoms with Crippen molar-refractivity contribution in [3.05, 3.63) is 59.4 Å². The summed E-state index contributed by atoms with van der Waals surface area (Å²) in [6.07, 6.45) is 0.116. The van der Waals surface area contributed by atoms with Gasteiger partial charge in [-0.05, 0) is 49.6 Å². The third kappa shape index (κ3) is 4.24. The van der Waals surface area contributed by atoms with Gasteiger partial charge >= 0.3 is 0 Å². The molecule has 0 bridgehead atoms. The zero-order valence-corrected chi connectivity index (χ0v) is 16.2. The summed E-state index contributed by atoms with van der Waals surface area (Å²) in [6, 6.07) is 12.7. The number of aryl methyl sites for hydroxylation is 1. The number of nitrogens with zero attached hydrogens (tertiary/aromatic N) is 2. The van der Waals surface area contributed by atoms with Gasteiger partial charge in [0.05, 0.1) is 5.69 Å². The molecular weight excluding hydrogens is 343 g/mol. The lowest BCUT2D eigenvalue weighted by atomic mass is 10.1. The summed E-state index contributed by atoms with van der Waals surface area (Å²) in [6.45, 7) is 8.38. The highest BCUT2D eigenvalue weighted by Crippen LogP contribution is 2.24. The number of halogens is 1. The van der Waals surface area contributed by atoms with Crippen LogP contribution < -0.4 is 9.64 Å². The lowest BCUT2D eigenvalue weighted by Crippen LogP contribution is -2.52. The van der Waals surface area contributed by atoms with Gasteiger partial charge in [0.15, 0.2) is 6.10 Å². The van der Waals surface area contributed by atoms with Gasteiger partial charge in [0, 0.05) is 26.2 Å². The number of rotatable bonds is 5. The summed E-state index contributed by atoms with van der Waals surface area (Å²) in [5.74, 6) is 0.550. The fourth-order valence-corrected chi connectivity index (χ4v) is 3.39. The number of anilines is 1. The molecular formula is C22H27FN2O2. The Labute approximate surface area is 160 Å². The summed E-state index contributed by atoms with van der Waals surface area (Å²) < 4.78 is 20.0. The third-order valence-electron chi connectivity index (χ3n) is 5.25. The van der Waals surface area contributed by atoms with Gasteiger partial charge in [0.1, 0.15) is 11.6 Å². The molecule has 1 aliphatic rings. The van der Waals surface area contributed by atoms with E-state index in [-0.39, 0.29) is 11.7 Å². The smallest absolute Gasteiger partial charge is 0.263 e. The quantitative estimate of drug-likeness (QED) is 0.799. The molecule has 2 aromatic carbocycles. The molecule has 0 N–H and O–H groups in total. The van der Waals surface area contributed by atoms with Crippen molar-refractivity contribution in [1.82, 2.24) is 4.90 Å². The van der Waals surface area contributed by atoms with Crippen LogP contribution in [0.15, 0.2) is 42.5 Å². The van der Waals surface area contributed by atoms with E-state index in [1.807, 2.05) is 54.8 Å². The summed E-state index contributed by atoms with van der Waals surface area (Å²) in [4.78, 5) is 16.8. The number of amides is 1. The molecule has 1 amide bonds. The lowest BCUT2D eigenvalue weighted by molar-refractivity contribution is -0.139. The second-order valence-corrected chi connectivity index (χ2v) is 6.98. The van der Waals surface area contributed by atoms with Gasteiger partial charge in [0.2, 0.25) is 0 Å². The first kappa shape index (κ1) is 19.2. The van der Waals surface area contributed by atoms with Gasteiger partial charge in [-0.15, -0.1) is 0 Å². The van der Waals surface area contributed by atoms with E-state index in [1.54, 1.807) is 12.1 Å². The fourth-order valence-electron chi connectivity index (χ4n) is 3.39. The molecule has 1 heterocycles.